The fourth-order valence-corrected chi connectivity index (χ4v) is 4.25. The van der Waals surface area contributed by atoms with Crippen LogP contribution in [0.5, 0.6) is 5.75 Å². The highest BCUT2D eigenvalue weighted by Crippen LogP contribution is 2.24. The summed E-state index contributed by atoms with van der Waals surface area (Å²) in [6.07, 6.45) is 3.54. The average Bonchev–Trinajstić information content (AvgIpc) is 3.28. The third-order valence-electron chi connectivity index (χ3n) is 4.38. The van der Waals surface area contributed by atoms with Crippen molar-refractivity contribution in [2.45, 2.75) is 17.8 Å². The van der Waals surface area contributed by atoms with E-state index in [0.29, 0.717) is 10.3 Å². The lowest BCUT2D eigenvalue weighted by atomic mass is 10.2. The first-order chi connectivity index (χ1) is 13.1. The van der Waals surface area contributed by atoms with Gasteiger partial charge in [-0.15, -0.1) is 0 Å². The van der Waals surface area contributed by atoms with Crippen LogP contribution in [0.3, 0.4) is 0 Å². The van der Waals surface area contributed by atoms with Crippen molar-refractivity contribution in [2.24, 2.45) is 0 Å². The number of ether oxygens (including phenoxy) is 1. The highest BCUT2D eigenvalue weighted by atomic mass is 35.5. The summed E-state index contributed by atoms with van der Waals surface area (Å²) < 4.78 is 20.0. The minimum atomic E-state index is -1.35. The van der Waals surface area contributed by atoms with Gasteiger partial charge in [0.1, 0.15) is 10.9 Å². The molecule has 27 heavy (non-hydrogen) atoms. The van der Waals surface area contributed by atoms with Gasteiger partial charge in [-0.3, -0.25) is 9.19 Å². The van der Waals surface area contributed by atoms with Gasteiger partial charge in [-0.1, -0.05) is 11.6 Å². The number of imidazole rings is 1. The van der Waals surface area contributed by atoms with E-state index in [1.165, 1.54) is 0 Å². The zero-order chi connectivity index (χ0) is 19.0. The summed E-state index contributed by atoms with van der Waals surface area (Å²) in [6.45, 7) is 1.91. The molecule has 138 valence electrons. The normalized spacial score (nSPS) is 12.4. The topological polar surface area (TPSA) is 72.8 Å². The molecule has 0 fully saturated rings. The fourth-order valence-electron chi connectivity index (χ4n) is 2.92. The molecule has 0 spiro atoms. The molecule has 3 heterocycles. The predicted octanol–water partition coefficient (Wildman–Crippen LogP) is 4.03. The van der Waals surface area contributed by atoms with E-state index in [4.69, 9.17) is 16.3 Å². The molecule has 4 rings (SSSR count). The Morgan fingerprint density at radius 1 is 1.30 bits per heavy atom. The van der Waals surface area contributed by atoms with Gasteiger partial charge in [0.25, 0.3) is 0 Å². The Morgan fingerprint density at radius 3 is 2.89 bits per heavy atom. The maximum absolute atomic E-state index is 12.8. The molecule has 0 aliphatic rings. The molecule has 1 atom stereocenters. The molecule has 0 aliphatic carbocycles. The number of H-pyrrole nitrogens is 1. The van der Waals surface area contributed by atoms with Gasteiger partial charge in [0, 0.05) is 23.6 Å². The monoisotopic (exact) mass is 400 g/mol. The number of nitrogens with one attached hydrogen (secondary N) is 1. The Hall–Kier alpha value is -2.64. The van der Waals surface area contributed by atoms with Crippen LogP contribution in [-0.4, -0.2) is 30.8 Å². The molecule has 0 aliphatic heterocycles. The van der Waals surface area contributed by atoms with Crippen molar-refractivity contribution >= 4 is 33.4 Å². The van der Waals surface area contributed by atoms with Crippen LogP contribution in [0.15, 0.2) is 53.9 Å². The smallest absolute Gasteiger partial charge is 0.197 e. The minimum absolute atomic E-state index is 0.263. The Bertz CT molecular complexity index is 1150. The van der Waals surface area contributed by atoms with E-state index < -0.39 is 10.8 Å². The molecule has 3 aromatic heterocycles. The summed E-state index contributed by atoms with van der Waals surface area (Å²) in [6, 6.07) is 11.2. The van der Waals surface area contributed by atoms with Gasteiger partial charge in [-0.05, 0) is 43.3 Å². The van der Waals surface area contributed by atoms with Gasteiger partial charge in [-0.25, -0.2) is 4.98 Å². The third kappa shape index (κ3) is 3.36. The summed E-state index contributed by atoms with van der Waals surface area (Å²) in [5.41, 5.74) is 4.07. The molecule has 0 bridgehead atoms. The maximum Gasteiger partial charge on any atom is 0.197 e. The molecular weight excluding hydrogens is 384 g/mol. The molecule has 0 radical (unpaired) electrons. The first kappa shape index (κ1) is 17.8. The highest BCUT2D eigenvalue weighted by Gasteiger charge is 2.15. The zero-order valence-electron chi connectivity index (χ0n) is 14.8. The van der Waals surface area contributed by atoms with Crippen LogP contribution < -0.4 is 4.74 Å². The number of hydrogen-bond donors (Lipinski definition) is 1. The van der Waals surface area contributed by atoms with Crippen molar-refractivity contribution in [3.63, 3.8) is 0 Å². The molecule has 6 nitrogen and oxygen atoms in total. The highest BCUT2D eigenvalue weighted by molar-refractivity contribution is 7.84. The van der Waals surface area contributed by atoms with Crippen molar-refractivity contribution in [3.8, 4) is 11.4 Å². The number of methoxy groups -OCH3 is 1. The Labute approximate surface area is 163 Å². The Kier molecular flexibility index (Phi) is 4.72. The molecule has 1 aromatic carbocycles. The number of hydrogen-bond acceptors (Lipinski definition) is 4. The Balaban J connectivity index is 1.64. The molecular formula is C19H17ClN4O2S. The van der Waals surface area contributed by atoms with Crippen LogP contribution in [-0.2, 0) is 16.6 Å². The van der Waals surface area contributed by atoms with E-state index in [1.807, 2.05) is 48.0 Å². The number of aromatic amines is 1. The molecule has 1 unspecified atom stereocenters. The second-order valence-corrected chi connectivity index (χ2v) is 7.77. The lowest BCUT2D eigenvalue weighted by Gasteiger charge is -2.08. The molecule has 8 heteroatoms. The molecule has 0 saturated heterocycles. The van der Waals surface area contributed by atoms with Crippen LogP contribution in [0.1, 0.15) is 11.3 Å². The zero-order valence-corrected chi connectivity index (χ0v) is 16.3. The van der Waals surface area contributed by atoms with Crippen molar-refractivity contribution in [1.29, 1.82) is 0 Å². The standard InChI is InChI=1S/C19H17ClN4O2S/c1-12-16(21-8-7-17(12)26-2)11-27(25)19-22-14-6-5-13(10-15(14)23-19)24-9-3-4-18(24)20/h3-10H,11H2,1-2H3,(H,22,23). The Morgan fingerprint density at radius 2 is 2.15 bits per heavy atom. The van der Waals surface area contributed by atoms with E-state index in [-0.39, 0.29) is 5.75 Å². The van der Waals surface area contributed by atoms with Crippen LogP contribution in [0, 0.1) is 6.92 Å². The number of nitrogens with zero attached hydrogens (tertiary/aromatic N) is 3. The molecule has 0 saturated carbocycles. The SMILES string of the molecule is COc1ccnc(CS(=O)c2nc3ccc(-n4cccc4Cl)cc3[nH]2)c1C. The van der Waals surface area contributed by atoms with Crippen molar-refractivity contribution in [1.82, 2.24) is 19.5 Å². The molecule has 0 amide bonds. The summed E-state index contributed by atoms with van der Waals surface area (Å²) >= 11 is 6.18. The summed E-state index contributed by atoms with van der Waals surface area (Å²) in [4.78, 5) is 12.0. The average molecular weight is 401 g/mol. The molecule has 4 aromatic rings. The fraction of sp³-hybridized carbons (Fsp3) is 0.158. The molecule has 1 N–H and O–H groups in total. The number of aromatic nitrogens is 4. The van der Waals surface area contributed by atoms with Gasteiger partial charge >= 0.3 is 0 Å². The third-order valence-corrected chi connectivity index (χ3v) is 5.85. The number of rotatable bonds is 5. The van der Waals surface area contributed by atoms with Gasteiger partial charge in [0.2, 0.25) is 0 Å². The van der Waals surface area contributed by atoms with Gasteiger partial charge < -0.3 is 14.3 Å². The largest absolute Gasteiger partial charge is 0.496 e. The van der Waals surface area contributed by atoms with Crippen LogP contribution in [0.4, 0.5) is 0 Å². The van der Waals surface area contributed by atoms with Crippen molar-refractivity contribution < 1.29 is 8.95 Å². The second-order valence-electron chi connectivity index (χ2n) is 6.02. The number of benzene rings is 1. The van der Waals surface area contributed by atoms with Crippen LogP contribution >= 0.6 is 11.6 Å². The summed E-state index contributed by atoms with van der Waals surface area (Å²) in [5.74, 6) is 0.994. The van der Waals surface area contributed by atoms with Crippen molar-refractivity contribution in [2.75, 3.05) is 7.11 Å². The van der Waals surface area contributed by atoms with Crippen molar-refractivity contribution in [3.05, 3.63) is 65.2 Å². The quantitative estimate of drug-likeness (QED) is 0.549. The summed E-state index contributed by atoms with van der Waals surface area (Å²) in [5, 5.41) is 1.04. The summed E-state index contributed by atoms with van der Waals surface area (Å²) in [7, 11) is 0.255. The number of pyridine rings is 1. The first-order valence-corrected chi connectivity index (χ1v) is 9.96. The lowest BCUT2D eigenvalue weighted by molar-refractivity contribution is 0.410. The lowest BCUT2D eigenvalue weighted by Crippen LogP contribution is -2.03. The van der Waals surface area contributed by atoms with E-state index in [1.54, 1.807) is 19.4 Å². The second kappa shape index (κ2) is 7.17. The van der Waals surface area contributed by atoms with Crippen LogP contribution in [0.2, 0.25) is 5.15 Å². The number of fused-ring (bicyclic) bond motifs is 1. The predicted molar refractivity (Wildman–Crippen MR) is 106 cm³/mol. The first-order valence-electron chi connectivity index (χ1n) is 8.26. The maximum atomic E-state index is 12.8. The number of halogens is 1. The van der Waals surface area contributed by atoms with E-state index in [9.17, 15) is 4.21 Å². The van der Waals surface area contributed by atoms with E-state index in [2.05, 4.69) is 15.0 Å². The van der Waals surface area contributed by atoms with E-state index >= 15 is 0 Å². The van der Waals surface area contributed by atoms with Gasteiger partial charge in [-0.2, -0.15) is 0 Å². The van der Waals surface area contributed by atoms with Gasteiger partial charge in [0.05, 0.1) is 40.4 Å². The minimum Gasteiger partial charge on any atom is -0.496 e. The van der Waals surface area contributed by atoms with Crippen LogP contribution in [0.25, 0.3) is 16.7 Å². The van der Waals surface area contributed by atoms with Gasteiger partial charge in [0.15, 0.2) is 5.16 Å². The van der Waals surface area contributed by atoms with E-state index in [0.717, 1.165) is 33.7 Å².